The molecular weight excluding hydrogens is 295 g/mol. The maximum Gasteiger partial charge on any atom is 0.147 e. The molecule has 0 N–H and O–H groups in total. The summed E-state index contributed by atoms with van der Waals surface area (Å²) in [7, 11) is 3.16. The maximum atomic E-state index is 14.6. The van der Waals surface area contributed by atoms with E-state index in [1.54, 1.807) is 37.2 Å². The van der Waals surface area contributed by atoms with E-state index in [1.165, 1.54) is 6.07 Å². The highest BCUT2D eigenvalue weighted by molar-refractivity contribution is 5.86. The van der Waals surface area contributed by atoms with Crippen molar-refractivity contribution in [2.24, 2.45) is 0 Å². The molecule has 3 aromatic rings. The van der Waals surface area contributed by atoms with E-state index in [1.807, 2.05) is 12.1 Å². The fraction of sp³-hybridized carbons (Fsp3) is 0.278. The number of pyridine rings is 1. The van der Waals surface area contributed by atoms with Crippen molar-refractivity contribution >= 4 is 5.65 Å². The monoisotopic (exact) mass is 314 g/mol. The third-order valence-corrected chi connectivity index (χ3v) is 3.87. The second-order valence-electron chi connectivity index (χ2n) is 5.32. The fourth-order valence-electron chi connectivity index (χ4n) is 2.84. The predicted octanol–water partition coefficient (Wildman–Crippen LogP) is 4.11. The van der Waals surface area contributed by atoms with Crippen molar-refractivity contribution in [3.05, 3.63) is 48.2 Å². The quantitative estimate of drug-likeness (QED) is 0.711. The van der Waals surface area contributed by atoms with E-state index in [2.05, 4.69) is 11.9 Å². The van der Waals surface area contributed by atoms with E-state index in [4.69, 9.17) is 9.47 Å². The predicted molar refractivity (Wildman–Crippen MR) is 87.7 cm³/mol. The molecule has 0 aliphatic rings. The van der Waals surface area contributed by atoms with Crippen molar-refractivity contribution < 1.29 is 13.9 Å². The van der Waals surface area contributed by atoms with Gasteiger partial charge in [0.15, 0.2) is 0 Å². The van der Waals surface area contributed by atoms with Crippen LogP contribution in [0.3, 0.4) is 0 Å². The molecule has 0 spiro atoms. The van der Waals surface area contributed by atoms with Crippen LogP contribution in [-0.2, 0) is 6.42 Å². The zero-order valence-electron chi connectivity index (χ0n) is 13.5. The molecule has 0 radical (unpaired) electrons. The minimum Gasteiger partial charge on any atom is -0.496 e. The number of benzene rings is 1. The number of aryl methyl sites for hydroxylation is 1. The summed E-state index contributed by atoms with van der Waals surface area (Å²) in [4.78, 5) is 4.28. The number of hydrogen-bond acceptors (Lipinski definition) is 3. The lowest BCUT2D eigenvalue weighted by Crippen LogP contribution is -2.00. The summed E-state index contributed by atoms with van der Waals surface area (Å²) in [6.07, 6.45) is 6.98. The first kappa shape index (κ1) is 15.3. The van der Waals surface area contributed by atoms with E-state index in [0.29, 0.717) is 28.3 Å². The van der Waals surface area contributed by atoms with Gasteiger partial charge >= 0.3 is 0 Å². The molecule has 120 valence electrons. The zero-order valence-corrected chi connectivity index (χ0v) is 13.5. The van der Waals surface area contributed by atoms with Crippen molar-refractivity contribution in [2.75, 3.05) is 14.2 Å². The number of hydrogen-bond donors (Lipinski definition) is 0. The second-order valence-corrected chi connectivity index (χ2v) is 5.32. The number of fused-ring (bicyclic) bond motifs is 1. The van der Waals surface area contributed by atoms with Gasteiger partial charge in [-0.3, -0.25) is 0 Å². The first-order valence-corrected chi connectivity index (χ1v) is 7.56. The van der Waals surface area contributed by atoms with Gasteiger partial charge in [0, 0.05) is 18.6 Å². The largest absolute Gasteiger partial charge is 0.496 e. The highest BCUT2D eigenvalue weighted by Gasteiger charge is 2.21. The van der Waals surface area contributed by atoms with Crippen molar-refractivity contribution in [3.8, 4) is 22.6 Å². The number of imidazole rings is 1. The van der Waals surface area contributed by atoms with Crippen molar-refractivity contribution in [1.29, 1.82) is 0 Å². The van der Waals surface area contributed by atoms with Crippen LogP contribution in [-0.4, -0.2) is 23.6 Å². The minimum atomic E-state index is -0.358. The molecule has 0 atom stereocenters. The summed E-state index contributed by atoms with van der Waals surface area (Å²) in [6, 6.07) is 5.29. The number of rotatable bonds is 5. The number of halogens is 1. The summed E-state index contributed by atoms with van der Waals surface area (Å²) in [5, 5.41) is 0. The molecule has 2 heterocycles. The molecule has 1 aromatic carbocycles. The standard InChI is InChI=1S/C18H19FN2O2/c1-4-5-12-10-14(22-2)17(15(11-12)23-3)16-13(19)6-8-21-9-7-20-18(16)21/h6-11H,4-5H2,1-3H3. The summed E-state index contributed by atoms with van der Waals surface area (Å²) >= 11 is 0. The van der Waals surface area contributed by atoms with E-state index in [0.717, 1.165) is 18.4 Å². The number of nitrogens with zero attached hydrogens (tertiary/aromatic N) is 2. The summed E-state index contributed by atoms with van der Waals surface area (Å²) in [6.45, 7) is 2.11. The smallest absolute Gasteiger partial charge is 0.147 e. The van der Waals surface area contributed by atoms with Gasteiger partial charge in [-0.2, -0.15) is 0 Å². The Labute approximate surface area is 134 Å². The Morgan fingerprint density at radius 3 is 2.39 bits per heavy atom. The van der Waals surface area contributed by atoms with Crippen LogP contribution in [0, 0.1) is 5.82 Å². The Hall–Kier alpha value is -2.56. The highest BCUT2D eigenvalue weighted by atomic mass is 19.1. The lowest BCUT2D eigenvalue weighted by molar-refractivity contribution is 0.396. The van der Waals surface area contributed by atoms with Crippen LogP contribution in [0.15, 0.2) is 36.8 Å². The van der Waals surface area contributed by atoms with Crippen LogP contribution < -0.4 is 9.47 Å². The molecule has 3 rings (SSSR count). The van der Waals surface area contributed by atoms with Gasteiger partial charge in [-0.15, -0.1) is 0 Å². The van der Waals surface area contributed by atoms with Crippen LogP contribution in [0.1, 0.15) is 18.9 Å². The van der Waals surface area contributed by atoms with Gasteiger partial charge in [0.1, 0.15) is 23.0 Å². The van der Waals surface area contributed by atoms with E-state index in [9.17, 15) is 4.39 Å². The van der Waals surface area contributed by atoms with Crippen LogP contribution in [0.4, 0.5) is 4.39 Å². The maximum absolute atomic E-state index is 14.6. The van der Waals surface area contributed by atoms with Gasteiger partial charge in [0.2, 0.25) is 0 Å². The van der Waals surface area contributed by atoms with Crippen molar-refractivity contribution in [3.63, 3.8) is 0 Å². The first-order valence-electron chi connectivity index (χ1n) is 7.56. The lowest BCUT2D eigenvalue weighted by Gasteiger charge is -2.16. The number of methoxy groups -OCH3 is 2. The molecule has 2 aromatic heterocycles. The van der Waals surface area contributed by atoms with Crippen LogP contribution in [0.25, 0.3) is 16.8 Å². The van der Waals surface area contributed by atoms with Crippen molar-refractivity contribution in [2.45, 2.75) is 19.8 Å². The molecule has 0 aliphatic heterocycles. The average molecular weight is 314 g/mol. The molecule has 0 saturated heterocycles. The molecule has 0 unspecified atom stereocenters. The Morgan fingerprint density at radius 1 is 1.09 bits per heavy atom. The van der Waals surface area contributed by atoms with Gasteiger partial charge in [-0.25, -0.2) is 9.37 Å². The van der Waals surface area contributed by atoms with Crippen molar-refractivity contribution in [1.82, 2.24) is 9.38 Å². The Balaban J connectivity index is 2.33. The van der Waals surface area contributed by atoms with Crippen LogP contribution in [0.5, 0.6) is 11.5 Å². The van der Waals surface area contributed by atoms with Gasteiger partial charge in [0.25, 0.3) is 0 Å². The Morgan fingerprint density at radius 2 is 1.78 bits per heavy atom. The molecule has 0 bridgehead atoms. The van der Waals surface area contributed by atoms with Gasteiger partial charge in [0.05, 0.1) is 25.3 Å². The van der Waals surface area contributed by atoms with Gasteiger partial charge in [-0.1, -0.05) is 13.3 Å². The second kappa shape index (κ2) is 6.28. The van der Waals surface area contributed by atoms with E-state index >= 15 is 0 Å². The number of aromatic nitrogens is 2. The van der Waals surface area contributed by atoms with Gasteiger partial charge < -0.3 is 13.9 Å². The highest BCUT2D eigenvalue weighted by Crippen LogP contribution is 2.42. The average Bonchev–Trinajstić information content (AvgIpc) is 3.03. The Bertz CT molecular complexity index is 817. The normalized spacial score (nSPS) is 11.0. The molecule has 23 heavy (non-hydrogen) atoms. The number of ether oxygens (including phenoxy) is 2. The summed E-state index contributed by atoms with van der Waals surface area (Å²) < 4.78 is 27.4. The molecule has 0 amide bonds. The Kier molecular flexibility index (Phi) is 4.19. The molecule has 0 aliphatic carbocycles. The van der Waals surface area contributed by atoms with Crippen LogP contribution in [0.2, 0.25) is 0 Å². The van der Waals surface area contributed by atoms with Gasteiger partial charge in [-0.05, 0) is 30.2 Å². The van der Waals surface area contributed by atoms with Crippen LogP contribution >= 0.6 is 0 Å². The summed E-state index contributed by atoms with van der Waals surface area (Å²) in [5.41, 5.74) is 2.60. The molecule has 4 nitrogen and oxygen atoms in total. The molecular formula is C18H19FN2O2. The third kappa shape index (κ3) is 2.63. The zero-order chi connectivity index (χ0) is 16.4. The molecule has 0 fully saturated rings. The summed E-state index contributed by atoms with van der Waals surface area (Å²) in [5.74, 6) is 0.814. The molecule has 5 heteroatoms. The third-order valence-electron chi connectivity index (χ3n) is 3.87. The topological polar surface area (TPSA) is 35.8 Å². The van der Waals surface area contributed by atoms with E-state index < -0.39 is 0 Å². The SMILES string of the molecule is CCCc1cc(OC)c(-c2c(F)ccn3ccnc23)c(OC)c1. The lowest BCUT2D eigenvalue weighted by atomic mass is 9.99. The minimum absolute atomic E-state index is 0.358. The fourth-order valence-corrected chi connectivity index (χ4v) is 2.84. The molecule has 0 saturated carbocycles. The first-order chi connectivity index (χ1) is 11.2. The van der Waals surface area contributed by atoms with E-state index in [-0.39, 0.29) is 5.82 Å².